The smallest absolute Gasteiger partial charge is 0.160 e. The Morgan fingerprint density at radius 2 is 0.926 bits per heavy atom. The van der Waals surface area contributed by atoms with Gasteiger partial charge in [-0.05, 0) is 70.3 Å². The fourth-order valence-electron chi connectivity index (χ4n) is 9.83. The molecule has 9 aromatic carbocycles. The number of aromatic nitrogens is 4. The van der Waals surface area contributed by atoms with E-state index in [9.17, 15) is 0 Å². The number of para-hydroxylation sites is 2. The van der Waals surface area contributed by atoms with Crippen molar-refractivity contribution in [2.75, 3.05) is 0 Å². The van der Waals surface area contributed by atoms with Gasteiger partial charge in [0.25, 0.3) is 0 Å². The van der Waals surface area contributed by atoms with Gasteiger partial charge in [-0.1, -0.05) is 194 Å². The van der Waals surface area contributed by atoms with Gasteiger partial charge in [-0.3, -0.25) is 4.98 Å². The predicted octanol–water partition coefficient (Wildman–Crippen LogP) is 17.0. The third kappa shape index (κ3) is 6.88. The minimum atomic E-state index is 0.662. The summed E-state index contributed by atoms with van der Waals surface area (Å²) in [6, 6.07) is 84.0. The van der Waals surface area contributed by atoms with Gasteiger partial charge in [-0.15, -0.1) is 11.3 Å². The molecule has 68 heavy (non-hydrogen) atoms. The molecule has 4 aromatic heterocycles. The van der Waals surface area contributed by atoms with E-state index < -0.39 is 0 Å². The van der Waals surface area contributed by atoms with Crippen LogP contribution in [0.4, 0.5) is 0 Å². The van der Waals surface area contributed by atoms with Crippen LogP contribution in [-0.2, 0) is 0 Å². The molecule has 0 bridgehead atoms. The molecule has 0 fully saturated rings. The Labute approximate surface area is 397 Å². The normalized spacial score (nSPS) is 11.5. The summed E-state index contributed by atoms with van der Waals surface area (Å²) < 4.78 is 4.90. The molecule has 13 aromatic rings. The summed E-state index contributed by atoms with van der Waals surface area (Å²) >= 11 is 1.85. The van der Waals surface area contributed by atoms with Crippen molar-refractivity contribution in [3.8, 4) is 84.2 Å². The quantitative estimate of drug-likeness (QED) is 0.153. The highest BCUT2D eigenvalue weighted by Gasteiger charge is 2.21. The van der Waals surface area contributed by atoms with Crippen molar-refractivity contribution in [1.29, 1.82) is 0 Å². The van der Waals surface area contributed by atoms with E-state index in [0.717, 1.165) is 67.3 Å². The van der Waals surface area contributed by atoms with Gasteiger partial charge in [0.1, 0.15) is 0 Å². The van der Waals surface area contributed by atoms with E-state index in [4.69, 9.17) is 15.0 Å². The minimum absolute atomic E-state index is 0.662. The molecule has 0 unspecified atom stereocenters. The Balaban J connectivity index is 1.04. The van der Waals surface area contributed by atoms with Crippen molar-refractivity contribution in [2.45, 2.75) is 0 Å². The number of pyridine rings is 1. The van der Waals surface area contributed by atoms with Crippen molar-refractivity contribution >= 4 is 53.3 Å². The van der Waals surface area contributed by atoms with Gasteiger partial charge >= 0.3 is 0 Å². The lowest BCUT2D eigenvalue weighted by Crippen LogP contribution is -1.99. The number of rotatable bonds is 8. The number of nitrogens with zero attached hydrogens (tertiary/aromatic N) is 4. The van der Waals surface area contributed by atoms with Gasteiger partial charge in [-0.2, -0.15) is 0 Å². The van der Waals surface area contributed by atoms with E-state index in [1.54, 1.807) is 0 Å². The molecule has 0 aliphatic carbocycles. The van der Waals surface area contributed by atoms with Crippen LogP contribution in [0.25, 0.3) is 126 Å². The summed E-state index contributed by atoms with van der Waals surface area (Å²) in [5.41, 5.74) is 16.8. The highest BCUT2D eigenvalue weighted by atomic mass is 32.1. The first kappa shape index (κ1) is 39.6. The van der Waals surface area contributed by atoms with Gasteiger partial charge in [0.05, 0.1) is 32.8 Å². The maximum atomic E-state index is 5.42. The van der Waals surface area contributed by atoms with Crippen LogP contribution in [0.5, 0.6) is 0 Å². The first-order valence-electron chi connectivity index (χ1n) is 22.9. The first-order chi connectivity index (χ1) is 33.7. The second-order valence-corrected chi connectivity index (χ2v) is 18.2. The van der Waals surface area contributed by atoms with Crippen molar-refractivity contribution in [1.82, 2.24) is 19.5 Å². The summed E-state index contributed by atoms with van der Waals surface area (Å²) in [6.45, 7) is 0. The van der Waals surface area contributed by atoms with Crippen LogP contribution in [0.3, 0.4) is 0 Å². The van der Waals surface area contributed by atoms with E-state index >= 15 is 0 Å². The number of hydrogen-bond acceptors (Lipinski definition) is 4. The second kappa shape index (κ2) is 16.6. The molecule has 0 saturated carbocycles. The second-order valence-electron chi connectivity index (χ2n) is 17.1. The Hall–Kier alpha value is -8.77. The van der Waals surface area contributed by atoms with Gasteiger partial charge in [0.2, 0.25) is 0 Å². The van der Waals surface area contributed by atoms with Crippen LogP contribution in [-0.4, -0.2) is 19.5 Å². The van der Waals surface area contributed by atoms with Crippen molar-refractivity contribution in [3.05, 3.63) is 243 Å². The lowest BCUT2D eigenvalue weighted by molar-refractivity contribution is 1.18. The van der Waals surface area contributed by atoms with Crippen molar-refractivity contribution in [2.24, 2.45) is 0 Å². The summed E-state index contributed by atoms with van der Waals surface area (Å²) in [6.07, 6.45) is 2.03. The molecule has 13 rings (SSSR count). The maximum Gasteiger partial charge on any atom is 0.160 e. The summed E-state index contributed by atoms with van der Waals surface area (Å²) in [5, 5.41) is 4.98. The molecule has 0 atom stereocenters. The summed E-state index contributed by atoms with van der Waals surface area (Å²) in [5.74, 6) is 0.662. The largest absolute Gasteiger partial charge is 0.308 e. The Bertz CT molecular complexity index is 3940. The number of benzene rings is 9. The zero-order valence-corrected chi connectivity index (χ0v) is 37.6. The zero-order chi connectivity index (χ0) is 45.0. The monoisotopic (exact) mass is 884 g/mol. The Morgan fingerprint density at radius 3 is 1.66 bits per heavy atom. The molecule has 0 radical (unpaired) electrons. The van der Waals surface area contributed by atoms with Crippen LogP contribution in [0.1, 0.15) is 0 Å². The third-order valence-corrected chi connectivity index (χ3v) is 14.3. The molecule has 4 heterocycles. The number of fused-ring (bicyclic) bond motifs is 7. The SMILES string of the molecule is c1ccc(-c2cc(-c3cc(-c4ccc(-c5ccccc5)c(-c5ccccc5)c4)cnc3-c3ccc4c(c3)sc3c4ccc4c5ccccc5n(-c5ccccc5)c43)nc(-c3ccccc3)n2)cc1. The standard InChI is InChI=1S/C63H40N4S/c1-6-18-41(19-7-1)49-32-30-45(36-54(49)42-20-8-2-9-21-42)47-37-55(57-39-56(43-22-10-3-11-23-43)65-63(66-57)44-24-12-4-13-25-44)60(64-40-47)46-31-33-51-53-35-34-52-50-28-16-17-29-58(50)67(48-26-14-5-15-27-48)61(52)62(53)68-59(51)38-46/h1-40H. The fraction of sp³-hybridized carbons (Fsp3) is 0. The third-order valence-electron chi connectivity index (χ3n) is 13.1. The summed E-state index contributed by atoms with van der Waals surface area (Å²) in [4.78, 5) is 16.0. The molecular formula is C63H40N4S. The molecule has 0 spiro atoms. The van der Waals surface area contributed by atoms with Crippen LogP contribution in [0.2, 0.25) is 0 Å². The maximum absolute atomic E-state index is 5.42. The first-order valence-corrected chi connectivity index (χ1v) is 23.7. The number of thiophene rings is 1. The lowest BCUT2D eigenvalue weighted by Gasteiger charge is -2.16. The predicted molar refractivity (Wildman–Crippen MR) is 285 cm³/mol. The van der Waals surface area contributed by atoms with Crippen LogP contribution in [0.15, 0.2) is 243 Å². The van der Waals surface area contributed by atoms with Crippen LogP contribution >= 0.6 is 11.3 Å². The van der Waals surface area contributed by atoms with E-state index in [-0.39, 0.29) is 0 Å². The van der Waals surface area contributed by atoms with E-state index in [0.29, 0.717) is 5.82 Å². The molecule has 0 saturated heterocycles. The molecule has 318 valence electrons. The molecule has 0 aliphatic rings. The van der Waals surface area contributed by atoms with Gasteiger partial charge in [0.15, 0.2) is 5.82 Å². The average molecular weight is 885 g/mol. The minimum Gasteiger partial charge on any atom is -0.308 e. The Kier molecular flexibility index (Phi) is 9.66. The highest BCUT2D eigenvalue weighted by molar-refractivity contribution is 7.26. The molecule has 4 nitrogen and oxygen atoms in total. The Morgan fingerprint density at radius 1 is 0.353 bits per heavy atom. The van der Waals surface area contributed by atoms with E-state index in [1.165, 1.54) is 53.1 Å². The topological polar surface area (TPSA) is 43.6 Å². The molecule has 0 amide bonds. The van der Waals surface area contributed by atoms with Crippen molar-refractivity contribution < 1.29 is 0 Å². The zero-order valence-electron chi connectivity index (χ0n) is 36.8. The molecular weight excluding hydrogens is 845 g/mol. The molecule has 0 N–H and O–H groups in total. The average Bonchev–Trinajstić information content (AvgIpc) is 3.97. The van der Waals surface area contributed by atoms with E-state index in [2.05, 4.69) is 217 Å². The highest BCUT2D eigenvalue weighted by Crippen LogP contribution is 2.45. The molecule has 5 heteroatoms. The van der Waals surface area contributed by atoms with Gasteiger partial charge < -0.3 is 4.57 Å². The van der Waals surface area contributed by atoms with Crippen LogP contribution in [0, 0.1) is 0 Å². The van der Waals surface area contributed by atoms with E-state index in [1.807, 2.05) is 41.8 Å². The van der Waals surface area contributed by atoms with Crippen molar-refractivity contribution in [3.63, 3.8) is 0 Å². The number of hydrogen-bond donors (Lipinski definition) is 0. The van der Waals surface area contributed by atoms with Crippen LogP contribution < -0.4 is 0 Å². The van der Waals surface area contributed by atoms with Gasteiger partial charge in [-0.25, -0.2) is 9.97 Å². The fourth-order valence-corrected chi connectivity index (χ4v) is 11.1. The summed E-state index contributed by atoms with van der Waals surface area (Å²) in [7, 11) is 0. The molecule has 0 aliphatic heterocycles. The lowest BCUT2D eigenvalue weighted by atomic mass is 9.90. The van der Waals surface area contributed by atoms with Gasteiger partial charge in [0, 0.05) is 65.9 Å².